The third-order valence-electron chi connectivity index (χ3n) is 4.01. The predicted octanol–water partition coefficient (Wildman–Crippen LogP) is 1.22. The zero-order chi connectivity index (χ0) is 14.3. The van der Waals surface area contributed by atoms with Gasteiger partial charge in [-0.3, -0.25) is 4.79 Å². The molecule has 2 heterocycles. The average molecular weight is 273 g/mol. The molecule has 0 bridgehead atoms. The third-order valence-corrected chi connectivity index (χ3v) is 4.01. The number of nitrogens with two attached hydrogens (primary N) is 1. The maximum absolute atomic E-state index is 11.0. The van der Waals surface area contributed by atoms with Crippen molar-refractivity contribution in [2.45, 2.75) is 39.0 Å². The Bertz CT molecular complexity index is 675. The Morgan fingerprint density at radius 1 is 1.45 bits per heavy atom. The van der Waals surface area contributed by atoms with Gasteiger partial charge in [-0.1, -0.05) is 0 Å². The van der Waals surface area contributed by atoms with Gasteiger partial charge < -0.3 is 20.7 Å². The van der Waals surface area contributed by atoms with Crippen molar-refractivity contribution in [2.24, 2.45) is 5.73 Å². The van der Waals surface area contributed by atoms with E-state index in [4.69, 9.17) is 10.8 Å². The Morgan fingerprint density at radius 2 is 2.15 bits per heavy atom. The van der Waals surface area contributed by atoms with Gasteiger partial charge in [-0.05, 0) is 35.7 Å². The maximum Gasteiger partial charge on any atom is 0.320 e. The van der Waals surface area contributed by atoms with E-state index in [0.29, 0.717) is 6.42 Å². The second kappa shape index (κ2) is 4.92. The highest BCUT2D eigenvalue weighted by Gasteiger charge is 2.19. The molecule has 1 aliphatic rings. The zero-order valence-corrected chi connectivity index (χ0v) is 11.5. The van der Waals surface area contributed by atoms with Crippen LogP contribution >= 0.6 is 0 Å². The molecule has 0 saturated carbocycles. The second-order valence-corrected chi connectivity index (χ2v) is 5.33. The molecular formula is C15H19N3O2. The van der Waals surface area contributed by atoms with E-state index in [1.54, 1.807) is 0 Å². The molecule has 1 aliphatic heterocycles. The number of hydrogen-bond acceptors (Lipinski definition) is 3. The van der Waals surface area contributed by atoms with Gasteiger partial charge in [0.05, 0.1) is 0 Å². The fraction of sp³-hybridized carbons (Fsp3) is 0.400. The summed E-state index contributed by atoms with van der Waals surface area (Å²) in [6, 6.07) is 3.54. The quantitative estimate of drug-likeness (QED) is 0.782. The van der Waals surface area contributed by atoms with Gasteiger partial charge in [0.2, 0.25) is 0 Å². The monoisotopic (exact) mass is 273 g/mol. The first kappa shape index (κ1) is 13.1. The molecule has 1 aromatic heterocycles. The minimum absolute atomic E-state index is 0.366. The molecule has 0 saturated heterocycles. The summed E-state index contributed by atoms with van der Waals surface area (Å²) in [6.07, 6.45) is 2.40. The number of rotatable bonds is 4. The van der Waals surface area contributed by atoms with Crippen LogP contribution < -0.4 is 11.1 Å². The lowest BCUT2D eigenvalue weighted by Crippen LogP contribution is -2.32. The molecule has 4 N–H and O–H groups in total. The number of nitrogens with one attached hydrogen (secondary N) is 1. The SMILES string of the molecule is CCn1cc(CC(N)C(=O)O)c2cc3c(cc21)CNC3. The van der Waals surface area contributed by atoms with Gasteiger partial charge >= 0.3 is 5.97 Å². The first-order valence-electron chi connectivity index (χ1n) is 6.92. The summed E-state index contributed by atoms with van der Waals surface area (Å²) >= 11 is 0. The molecular weight excluding hydrogens is 254 g/mol. The Kier molecular flexibility index (Phi) is 3.23. The highest BCUT2D eigenvalue weighted by molar-refractivity contribution is 5.87. The van der Waals surface area contributed by atoms with Crippen LogP contribution in [0.3, 0.4) is 0 Å². The number of aromatic nitrogens is 1. The van der Waals surface area contributed by atoms with Crippen LogP contribution in [-0.2, 0) is 30.8 Å². The first-order chi connectivity index (χ1) is 9.60. The van der Waals surface area contributed by atoms with Gasteiger partial charge in [0.15, 0.2) is 0 Å². The minimum Gasteiger partial charge on any atom is -0.480 e. The number of carbonyl (C=O) groups is 1. The van der Waals surface area contributed by atoms with Crippen molar-refractivity contribution in [2.75, 3.05) is 0 Å². The van der Waals surface area contributed by atoms with Gasteiger partial charge in [0.1, 0.15) is 6.04 Å². The van der Waals surface area contributed by atoms with Gasteiger partial charge in [-0.15, -0.1) is 0 Å². The molecule has 3 rings (SSSR count). The number of benzene rings is 1. The van der Waals surface area contributed by atoms with Crippen molar-refractivity contribution in [1.82, 2.24) is 9.88 Å². The number of carboxylic acids is 1. The van der Waals surface area contributed by atoms with Crippen molar-refractivity contribution in [3.8, 4) is 0 Å². The zero-order valence-electron chi connectivity index (χ0n) is 11.5. The number of nitrogens with zero attached hydrogens (tertiary/aromatic N) is 1. The normalized spacial score (nSPS) is 15.5. The van der Waals surface area contributed by atoms with Crippen molar-refractivity contribution in [1.29, 1.82) is 0 Å². The molecule has 0 radical (unpaired) electrons. The fourth-order valence-corrected chi connectivity index (χ4v) is 2.91. The Morgan fingerprint density at radius 3 is 2.80 bits per heavy atom. The fourth-order valence-electron chi connectivity index (χ4n) is 2.91. The molecule has 5 nitrogen and oxygen atoms in total. The van der Waals surface area contributed by atoms with Crippen LogP contribution in [0.4, 0.5) is 0 Å². The van der Waals surface area contributed by atoms with E-state index in [2.05, 4.69) is 28.9 Å². The van der Waals surface area contributed by atoms with Gasteiger partial charge in [-0.25, -0.2) is 0 Å². The smallest absolute Gasteiger partial charge is 0.320 e. The number of aliphatic carboxylic acids is 1. The van der Waals surface area contributed by atoms with E-state index in [-0.39, 0.29) is 0 Å². The average Bonchev–Trinajstić information content (AvgIpc) is 3.00. The molecule has 20 heavy (non-hydrogen) atoms. The molecule has 5 heteroatoms. The highest BCUT2D eigenvalue weighted by atomic mass is 16.4. The van der Waals surface area contributed by atoms with Crippen molar-refractivity contribution in [3.05, 3.63) is 35.0 Å². The summed E-state index contributed by atoms with van der Waals surface area (Å²) < 4.78 is 2.16. The number of fused-ring (bicyclic) bond motifs is 2. The lowest BCUT2D eigenvalue weighted by atomic mass is 10.0. The highest BCUT2D eigenvalue weighted by Crippen LogP contribution is 2.28. The second-order valence-electron chi connectivity index (χ2n) is 5.33. The molecule has 2 aromatic rings. The van der Waals surface area contributed by atoms with E-state index in [0.717, 1.165) is 30.6 Å². The molecule has 106 valence electrons. The summed E-state index contributed by atoms with van der Waals surface area (Å²) in [5, 5.41) is 13.5. The molecule has 0 fully saturated rings. The largest absolute Gasteiger partial charge is 0.480 e. The summed E-state index contributed by atoms with van der Waals surface area (Å²) in [6.45, 7) is 4.74. The van der Waals surface area contributed by atoms with E-state index < -0.39 is 12.0 Å². The molecule has 1 atom stereocenters. The number of hydrogen-bond donors (Lipinski definition) is 3. The van der Waals surface area contributed by atoms with Crippen LogP contribution in [0.25, 0.3) is 10.9 Å². The van der Waals surface area contributed by atoms with E-state index >= 15 is 0 Å². The van der Waals surface area contributed by atoms with E-state index in [9.17, 15) is 4.79 Å². The Balaban J connectivity index is 2.10. The van der Waals surface area contributed by atoms with Crippen LogP contribution in [-0.4, -0.2) is 21.7 Å². The van der Waals surface area contributed by atoms with E-state index in [1.165, 1.54) is 16.6 Å². The minimum atomic E-state index is -0.953. The lowest BCUT2D eigenvalue weighted by molar-refractivity contribution is -0.138. The van der Waals surface area contributed by atoms with Crippen LogP contribution in [0, 0.1) is 0 Å². The Hall–Kier alpha value is -1.85. The third kappa shape index (κ3) is 2.09. The van der Waals surface area contributed by atoms with Crippen LogP contribution in [0.5, 0.6) is 0 Å². The lowest BCUT2D eigenvalue weighted by Gasteiger charge is -2.06. The van der Waals surface area contributed by atoms with Crippen LogP contribution in [0.1, 0.15) is 23.6 Å². The summed E-state index contributed by atoms with van der Waals surface area (Å²) in [5.41, 5.74) is 10.5. The van der Waals surface area contributed by atoms with Gasteiger partial charge in [0, 0.05) is 43.2 Å². The standard InChI is InChI=1S/C15H19N3O2/c1-2-18-8-11(4-13(16)15(19)20)12-3-9-6-17-7-10(9)5-14(12)18/h3,5,8,13,17H,2,4,6-7,16H2,1H3,(H,19,20). The van der Waals surface area contributed by atoms with Crippen molar-refractivity contribution in [3.63, 3.8) is 0 Å². The number of carboxylic acid groups (broad SMARTS) is 1. The topological polar surface area (TPSA) is 80.3 Å². The molecule has 0 aliphatic carbocycles. The van der Waals surface area contributed by atoms with E-state index in [1.807, 2.05) is 6.20 Å². The molecule has 0 amide bonds. The Labute approximate surface area is 117 Å². The van der Waals surface area contributed by atoms with Gasteiger partial charge in [-0.2, -0.15) is 0 Å². The maximum atomic E-state index is 11.0. The van der Waals surface area contributed by atoms with Crippen molar-refractivity contribution < 1.29 is 9.90 Å². The van der Waals surface area contributed by atoms with Crippen LogP contribution in [0.15, 0.2) is 18.3 Å². The molecule has 1 unspecified atom stereocenters. The predicted molar refractivity (Wildman–Crippen MR) is 77.5 cm³/mol. The molecule has 0 spiro atoms. The first-order valence-corrected chi connectivity index (χ1v) is 6.92. The summed E-state index contributed by atoms with van der Waals surface area (Å²) in [5.74, 6) is -0.953. The van der Waals surface area contributed by atoms with Crippen molar-refractivity contribution >= 4 is 16.9 Å². The van der Waals surface area contributed by atoms with Gasteiger partial charge in [0.25, 0.3) is 0 Å². The summed E-state index contributed by atoms with van der Waals surface area (Å²) in [7, 11) is 0. The van der Waals surface area contributed by atoms with Crippen LogP contribution in [0.2, 0.25) is 0 Å². The molecule has 1 aromatic carbocycles. The summed E-state index contributed by atoms with van der Waals surface area (Å²) in [4.78, 5) is 11.0. The number of aryl methyl sites for hydroxylation is 1.